The Hall–Kier alpha value is -3.91. The van der Waals surface area contributed by atoms with Gasteiger partial charge in [-0.3, -0.25) is 9.59 Å². The molecule has 0 unspecified atom stereocenters. The number of pyridine rings is 1. The van der Waals surface area contributed by atoms with Gasteiger partial charge in [-0.1, -0.05) is 6.07 Å². The highest BCUT2D eigenvalue weighted by molar-refractivity contribution is 7.93. The zero-order chi connectivity index (χ0) is 29.2. The van der Waals surface area contributed by atoms with Crippen LogP contribution in [-0.2, 0) is 20.7 Å². The van der Waals surface area contributed by atoms with Gasteiger partial charge in [0, 0.05) is 16.8 Å². The number of carbonyl (C=O) groups excluding carboxylic acids is 2. The molecule has 2 atom stereocenters. The molecule has 0 aliphatic carbocycles. The molecule has 0 saturated carbocycles. The second kappa shape index (κ2) is 11.3. The number of amides is 2. The fourth-order valence-electron chi connectivity index (χ4n) is 4.00. The molecule has 212 valence electrons. The highest BCUT2D eigenvalue weighted by atomic mass is 32.2. The summed E-state index contributed by atoms with van der Waals surface area (Å²) in [7, 11) is -3.26. The molecule has 2 amide bonds. The number of aromatic nitrogens is 1. The fourth-order valence-corrected chi connectivity index (χ4v) is 5.26. The summed E-state index contributed by atoms with van der Waals surface area (Å²) in [5.41, 5.74) is -2.83. The molecule has 4 rings (SSSR count). The van der Waals surface area contributed by atoms with Crippen LogP contribution >= 0.6 is 0 Å². The number of halogens is 5. The third kappa shape index (κ3) is 6.45. The third-order valence-corrected chi connectivity index (χ3v) is 7.67. The van der Waals surface area contributed by atoms with E-state index in [4.69, 9.17) is 4.74 Å². The second-order valence-corrected chi connectivity index (χ2v) is 11.2. The molecular weight excluding hydrogens is 559 g/mol. The van der Waals surface area contributed by atoms with E-state index in [1.165, 1.54) is 37.4 Å². The molecule has 0 bridgehead atoms. The van der Waals surface area contributed by atoms with E-state index in [1.807, 2.05) is 0 Å². The zero-order valence-electron chi connectivity index (χ0n) is 21.1. The van der Waals surface area contributed by atoms with Gasteiger partial charge in [0.25, 0.3) is 11.8 Å². The standard InChI is InChI=1S/C26H23F5N4O4S/c1-14-19(10-11-21(27)33-14)39-20-9-8-17(26(29,30)31)23(28)22(20)25(37)34-15-5-3-6-16(13-15)40(2,38)35-24(36)18-7-4-12-32-18/h3,5-6,8-11,13,18,32H,4,7,12H2,1-2H3,(H,34,37)/t18-,40+/m0/s1. The van der Waals surface area contributed by atoms with Crippen molar-refractivity contribution in [2.24, 2.45) is 4.36 Å². The van der Waals surface area contributed by atoms with Gasteiger partial charge < -0.3 is 15.4 Å². The summed E-state index contributed by atoms with van der Waals surface area (Å²) in [6.45, 7) is 1.98. The van der Waals surface area contributed by atoms with Crippen LogP contribution in [-0.4, -0.2) is 39.8 Å². The first-order valence-electron chi connectivity index (χ1n) is 11.9. The number of nitrogens with zero attached hydrogens (tertiary/aromatic N) is 2. The van der Waals surface area contributed by atoms with Gasteiger partial charge >= 0.3 is 6.18 Å². The quantitative estimate of drug-likeness (QED) is 0.295. The Kier molecular flexibility index (Phi) is 8.21. The minimum atomic E-state index is -5.12. The molecule has 1 aliphatic heterocycles. The number of hydrogen-bond acceptors (Lipinski definition) is 6. The van der Waals surface area contributed by atoms with Gasteiger partial charge in [0.2, 0.25) is 5.95 Å². The molecule has 1 fully saturated rings. The molecule has 40 heavy (non-hydrogen) atoms. The maximum atomic E-state index is 15.2. The lowest BCUT2D eigenvalue weighted by Crippen LogP contribution is -2.30. The van der Waals surface area contributed by atoms with Crippen molar-refractivity contribution >= 4 is 27.2 Å². The molecule has 1 aliphatic rings. The Bertz CT molecular complexity index is 1600. The minimum Gasteiger partial charge on any atom is -0.455 e. The summed E-state index contributed by atoms with van der Waals surface area (Å²) >= 11 is 0. The molecule has 8 nitrogen and oxygen atoms in total. The molecular formula is C26H23F5N4O4S. The topological polar surface area (TPSA) is 110 Å². The Morgan fingerprint density at radius 3 is 2.50 bits per heavy atom. The van der Waals surface area contributed by atoms with Crippen molar-refractivity contribution < 1.29 is 40.5 Å². The Labute approximate surface area is 226 Å². The number of rotatable bonds is 6. The number of benzene rings is 2. The van der Waals surface area contributed by atoms with Crippen molar-refractivity contribution in [1.29, 1.82) is 0 Å². The number of aryl methyl sites for hydroxylation is 1. The van der Waals surface area contributed by atoms with Crippen LogP contribution in [0.1, 0.15) is 34.5 Å². The van der Waals surface area contributed by atoms with Crippen molar-refractivity contribution in [2.75, 3.05) is 18.1 Å². The van der Waals surface area contributed by atoms with Gasteiger partial charge in [0.15, 0.2) is 5.82 Å². The maximum Gasteiger partial charge on any atom is 0.419 e. The van der Waals surface area contributed by atoms with E-state index >= 15 is 4.39 Å². The Balaban J connectivity index is 1.69. The number of anilines is 1. The summed E-state index contributed by atoms with van der Waals surface area (Å²) in [6.07, 6.45) is -2.57. The van der Waals surface area contributed by atoms with Crippen molar-refractivity contribution in [1.82, 2.24) is 10.3 Å². The first kappa shape index (κ1) is 29.1. The van der Waals surface area contributed by atoms with Crippen LogP contribution < -0.4 is 15.4 Å². The average Bonchev–Trinajstić information content (AvgIpc) is 3.40. The lowest BCUT2D eigenvalue weighted by molar-refractivity contribution is -0.140. The van der Waals surface area contributed by atoms with Crippen molar-refractivity contribution in [3.8, 4) is 11.5 Å². The largest absolute Gasteiger partial charge is 0.455 e. The van der Waals surface area contributed by atoms with Gasteiger partial charge in [-0.15, -0.1) is 0 Å². The number of carbonyl (C=O) groups is 2. The van der Waals surface area contributed by atoms with Crippen LogP contribution in [0.4, 0.5) is 27.6 Å². The highest BCUT2D eigenvalue weighted by Crippen LogP contribution is 2.38. The van der Waals surface area contributed by atoms with E-state index in [2.05, 4.69) is 20.0 Å². The molecule has 2 heterocycles. The third-order valence-electron chi connectivity index (χ3n) is 6.01. The van der Waals surface area contributed by atoms with Crippen LogP contribution in [0.5, 0.6) is 11.5 Å². The van der Waals surface area contributed by atoms with E-state index < -0.39 is 62.4 Å². The first-order chi connectivity index (χ1) is 18.8. The zero-order valence-corrected chi connectivity index (χ0v) is 22.0. The molecule has 2 aromatic carbocycles. The number of ether oxygens (including phenoxy) is 1. The molecule has 0 spiro atoms. The van der Waals surface area contributed by atoms with Crippen LogP contribution in [0.2, 0.25) is 0 Å². The summed E-state index contributed by atoms with van der Waals surface area (Å²) in [5.74, 6) is -5.34. The lowest BCUT2D eigenvalue weighted by Gasteiger charge is -2.17. The fraction of sp³-hybridized carbons (Fsp3) is 0.269. The maximum absolute atomic E-state index is 15.2. The molecule has 1 saturated heterocycles. The van der Waals surface area contributed by atoms with Gasteiger partial charge in [-0.25, -0.2) is 13.6 Å². The van der Waals surface area contributed by atoms with Gasteiger partial charge in [-0.2, -0.15) is 21.9 Å². The normalized spacial score (nSPS) is 16.7. The van der Waals surface area contributed by atoms with Crippen LogP contribution in [0.3, 0.4) is 0 Å². The van der Waals surface area contributed by atoms with E-state index in [9.17, 15) is 31.4 Å². The molecule has 0 radical (unpaired) electrons. The molecule has 1 aromatic heterocycles. The highest BCUT2D eigenvalue weighted by Gasteiger charge is 2.37. The van der Waals surface area contributed by atoms with E-state index in [0.717, 1.165) is 24.6 Å². The van der Waals surface area contributed by atoms with Crippen LogP contribution in [0.25, 0.3) is 0 Å². The van der Waals surface area contributed by atoms with Gasteiger partial charge in [0.05, 0.1) is 27.0 Å². The van der Waals surface area contributed by atoms with Crippen molar-refractivity contribution in [3.63, 3.8) is 0 Å². The SMILES string of the molecule is Cc1nc(F)ccc1Oc1ccc(C(F)(F)F)c(F)c1C(=O)Nc1cccc([S@@](C)(=O)=NC(=O)[C@@H]2CCCN2)c1. The predicted molar refractivity (Wildman–Crippen MR) is 136 cm³/mol. The summed E-state index contributed by atoms with van der Waals surface area (Å²) in [4.78, 5) is 29.2. The molecule has 2 N–H and O–H groups in total. The van der Waals surface area contributed by atoms with E-state index in [0.29, 0.717) is 19.0 Å². The van der Waals surface area contributed by atoms with E-state index in [-0.39, 0.29) is 22.0 Å². The van der Waals surface area contributed by atoms with Gasteiger partial charge in [0.1, 0.15) is 17.1 Å². The number of hydrogen-bond donors (Lipinski definition) is 2. The van der Waals surface area contributed by atoms with E-state index in [1.54, 1.807) is 0 Å². The van der Waals surface area contributed by atoms with Crippen LogP contribution in [0, 0.1) is 18.7 Å². The Morgan fingerprint density at radius 2 is 1.85 bits per heavy atom. The van der Waals surface area contributed by atoms with Crippen molar-refractivity contribution in [2.45, 2.75) is 36.9 Å². The minimum absolute atomic E-state index is 0.00294. The number of nitrogens with one attached hydrogen (secondary N) is 2. The van der Waals surface area contributed by atoms with Crippen molar-refractivity contribution in [3.05, 3.63) is 77.1 Å². The Morgan fingerprint density at radius 1 is 1.12 bits per heavy atom. The lowest BCUT2D eigenvalue weighted by atomic mass is 10.1. The first-order valence-corrected chi connectivity index (χ1v) is 13.8. The van der Waals surface area contributed by atoms with Crippen LogP contribution in [0.15, 0.2) is 57.8 Å². The summed E-state index contributed by atoms with van der Waals surface area (Å²) in [6, 6.07) is 8.02. The summed E-state index contributed by atoms with van der Waals surface area (Å²) in [5, 5.41) is 5.24. The molecule has 14 heteroatoms. The predicted octanol–water partition coefficient (Wildman–Crippen LogP) is 5.47. The summed E-state index contributed by atoms with van der Waals surface area (Å²) < 4.78 is 91.4. The van der Waals surface area contributed by atoms with Gasteiger partial charge in [-0.05, 0) is 68.8 Å². The average molecular weight is 583 g/mol. The number of alkyl halides is 3. The smallest absolute Gasteiger partial charge is 0.419 e. The molecule has 3 aromatic rings. The monoisotopic (exact) mass is 582 g/mol. The second-order valence-electron chi connectivity index (χ2n) is 8.98.